The molecule has 5 nitrogen and oxygen atoms in total. The number of aliphatic hydroxyl groups excluding tert-OH is 1. The summed E-state index contributed by atoms with van der Waals surface area (Å²) < 4.78 is 5.57. The van der Waals surface area contributed by atoms with Gasteiger partial charge in [-0.15, -0.1) is 12.4 Å². The fraction of sp³-hybridized carbons (Fsp3) is 0.588. The molecule has 1 fully saturated rings. The van der Waals surface area contributed by atoms with Gasteiger partial charge in [-0.25, -0.2) is 0 Å². The molecule has 1 aliphatic rings. The number of piperidine rings is 1. The van der Waals surface area contributed by atoms with Gasteiger partial charge in [0.05, 0.1) is 18.2 Å². The smallest absolute Gasteiger partial charge is 0.237 e. The van der Waals surface area contributed by atoms with Crippen LogP contribution in [0.15, 0.2) is 24.3 Å². The van der Waals surface area contributed by atoms with Gasteiger partial charge in [-0.05, 0) is 50.9 Å². The number of amides is 1. The van der Waals surface area contributed by atoms with E-state index < -0.39 is 6.10 Å². The highest BCUT2D eigenvalue weighted by atomic mass is 35.5. The SMILES string of the molecule is CC(C)Oc1ccc(C(O)CNC(=O)C2CCCCN2)cc1.Cl. The van der Waals surface area contributed by atoms with E-state index in [0.717, 1.165) is 37.1 Å². The Balaban J connectivity index is 0.00000264. The van der Waals surface area contributed by atoms with Gasteiger partial charge in [0.15, 0.2) is 0 Å². The van der Waals surface area contributed by atoms with Crippen LogP contribution in [0.5, 0.6) is 5.75 Å². The zero-order valence-corrected chi connectivity index (χ0v) is 14.6. The van der Waals surface area contributed by atoms with Crippen molar-refractivity contribution in [3.8, 4) is 5.75 Å². The summed E-state index contributed by atoms with van der Waals surface area (Å²) in [6, 6.07) is 7.20. The highest BCUT2D eigenvalue weighted by Gasteiger charge is 2.21. The van der Waals surface area contributed by atoms with E-state index in [1.165, 1.54) is 0 Å². The highest BCUT2D eigenvalue weighted by molar-refractivity contribution is 5.85. The van der Waals surface area contributed by atoms with E-state index in [0.29, 0.717) is 0 Å². The average molecular weight is 343 g/mol. The van der Waals surface area contributed by atoms with Crippen LogP contribution in [0.25, 0.3) is 0 Å². The molecule has 2 atom stereocenters. The lowest BCUT2D eigenvalue weighted by Crippen LogP contribution is -2.47. The Hall–Kier alpha value is -1.30. The summed E-state index contributed by atoms with van der Waals surface area (Å²) in [6.07, 6.45) is 2.48. The number of hydrogen-bond acceptors (Lipinski definition) is 4. The Morgan fingerprint density at radius 3 is 2.61 bits per heavy atom. The quantitative estimate of drug-likeness (QED) is 0.741. The van der Waals surface area contributed by atoms with Gasteiger partial charge >= 0.3 is 0 Å². The van der Waals surface area contributed by atoms with Crippen LogP contribution in [0.4, 0.5) is 0 Å². The van der Waals surface area contributed by atoms with Crippen molar-refractivity contribution in [3.63, 3.8) is 0 Å². The maximum absolute atomic E-state index is 12.0. The van der Waals surface area contributed by atoms with Crippen molar-refractivity contribution in [2.24, 2.45) is 0 Å². The van der Waals surface area contributed by atoms with E-state index in [1.54, 1.807) is 0 Å². The molecular weight excluding hydrogens is 316 g/mol. The Labute approximate surface area is 144 Å². The molecule has 2 unspecified atom stereocenters. The molecule has 1 aromatic carbocycles. The van der Waals surface area contributed by atoms with Crippen LogP contribution in [0.3, 0.4) is 0 Å². The largest absolute Gasteiger partial charge is 0.491 e. The Kier molecular flexibility index (Phi) is 8.37. The summed E-state index contributed by atoms with van der Waals surface area (Å²) in [5.74, 6) is 0.750. The maximum atomic E-state index is 12.0. The first kappa shape index (κ1) is 19.7. The van der Waals surface area contributed by atoms with Crippen molar-refractivity contribution in [2.45, 2.75) is 51.4 Å². The summed E-state index contributed by atoms with van der Waals surface area (Å²) >= 11 is 0. The lowest BCUT2D eigenvalue weighted by atomic mass is 10.0. The molecular formula is C17H27ClN2O3. The molecule has 1 aliphatic heterocycles. The van der Waals surface area contributed by atoms with Gasteiger partial charge in [0, 0.05) is 6.54 Å². The van der Waals surface area contributed by atoms with Gasteiger partial charge in [-0.1, -0.05) is 18.6 Å². The fourth-order valence-electron chi connectivity index (χ4n) is 2.55. The standard InChI is InChI=1S/C17H26N2O3.ClH/c1-12(2)22-14-8-6-13(7-9-14)16(20)11-19-17(21)15-5-3-4-10-18-15;/h6-9,12,15-16,18,20H,3-5,10-11H2,1-2H3,(H,19,21);1H. The predicted octanol–water partition coefficient (Wildman–Crippen LogP) is 2.19. The van der Waals surface area contributed by atoms with E-state index in [1.807, 2.05) is 38.1 Å². The van der Waals surface area contributed by atoms with Crippen LogP contribution >= 0.6 is 12.4 Å². The van der Waals surface area contributed by atoms with Crippen molar-refractivity contribution < 1.29 is 14.6 Å². The summed E-state index contributed by atoms with van der Waals surface area (Å²) in [5, 5.41) is 16.2. The second-order valence-corrected chi connectivity index (χ2v) is 6.00. The molecule has 130 valence electrons. The topological polar surface area (TPSA) is 70.6 Å². The van der Waals surface area contributed by atoms with Gasteiger partial charge in [0.2, 0.25) is 5.91 Å². The summed E-state index contributed by atoms with van der Waals surface area (Å²) in [5.41, 5.74) is 0.771. The third-order valence-corrected chi connectivity index (χ3v) is 3.73. The lowest BCUT2D eigenvalue weighted by molar-refractivity contribution is -0.124. The number of aliphatic hydroxyl groups is 1. The monoisotopic (exact) mass is 342 g/mol. The third-order valence-electron chi connectivity index (χ3n) is 3.73. The first-order valence-corrected chi connectivity index (χ1v) is 8.02. The minimum atomic E-state index is -0.708. The van der Waals surface area contributed by atoms with E-state index in [4.69, 9.17) is 4.74 Å². The predicted molar refractivity (Wildman–Crippen MR) is 93.1 cm³/mol. The third kappa shape index (κ3) is 6.37. The zero-order valence-electron chi connectivity index (χ0n) is 13.7. The lowest BCUT2D eigenvalue weighted by Gasteiger charge is -2.23. The van der Waals surface area contributed by atoms with Gasteiger partial charge in [-0.3, -0.25) is 4.79 Å². The first-order chi connectivity index (χ1) is 10.6. The molecule has 1 heterocycles. The molecule has 0 aromatic heterocycles. The minimum Gasteiger partial charge on any atom is -0.491 e. The fourth-order valence-corrected chi connectivity index (χ4v) is 2.55. The Morgan fingerprint density at radius 1 is 1.35 bits per heavy atom. The molecule has 0 bridgehead atoms. The van der Waals surface area contributed by atoms with Crippen molar-refractivity contribution in [1.29, 1.82) is 0 Å². The van der Waals surface area contributed by atoms with Crippen molar-refractivity contribution >= 4 is 18.3 Å². The molecule has 1 saturated heterocycles. The highest BCUT2D eigenvalue weighted by Crippen LogP contribution is 2.18. The molecule has 1 amide bonds. The number of ether oxygens (including phenoxy) is 1. The maximum Gasteiger partial charge on any atom is 0.237 e. The van der Waals surface area contributed by atoms with Crippen LogP contribution in [0.1, 0.15) is 44.8 Å². The molecule has 23 heavy (non-hydrogen) atoms. The number of hydrogen-bond donors (Lipinski definition) is 3. The molecule has 6 heteroatoms. The zero-order chi connectivity index (χ0) is 15.9. The number of benzene rings is 1. The van der Waals surface area contributed by atoms with Crippen molar-refractivity contribution in [1.82, 2.24) is 10.6 Å². The van der Waals surface area contributed by atoms with Crippen LogP contribution < -0.4 is 15.4 Å². The van der Waals surface area contributed by atoms with Gasteiger partial charge in [0.1, 0.15) is 5.75 Å². The second kappa shape index (κ2) is 9.75. The molecule has 0 saturated carbocycles. The van der Waals surface area contributed by atoms with E-state index in [-0.39, 0.29) is 37.0 Å². The number of halogens is 1. The molecule has 2 rings (SSSR count). The Morgan fingerprint density at radius 2 is 2.04 bits per heavy atom. The normalized spacial score (nSPS) is 18.9. The summed E-state index contributed by atoms with van der Waals surface area (Å²) in [7, 11) is 0. The number of rotatable bonds is 6. The van der Waals surface area contributed by atoms with Gasteiger partial charge < -0.3 is 20.5 Å². The van der Waals surface area contributed by atoms with Crippen LogP contribution in [0, 0.1) is 0 Å². The molecule has 0 radical (unpaired) electrons. The van der Waals surface area contributed by atoms with Crippen LogP contribution in [-0.2, 0) is 4.79 Å². The molecule has 3 N–H and O–H groups in total. The van der Waals surface area contributed by atoms with Crippen molar-refractivity contribution in [3.05, 3.63) is 29.8 Å². The number of carbonyl (C=O) groups is 1. The minimum absolute atomic E-state index is 0. The van der Waals surface area contributed by atoms with Gasteiger partial charge in [0.25, 0.3) is 0 Å². The van der Waals surface area contributed by atoms with Crippen LogP contribution in [0.2, 0.25) is 0 Å². The molecule has 1 aromatic rings. The van der Waals surface area contributed by atoms with E-state index in [9.17, 15) is 9.90 Å². The van der Waals surface area contributed by atoms with Crippen molar-refractivity contribution in [2.75, 3.05) is 13.1 Å². The number of nitrogens with one attached hydrogen (secondary N) is 2. The van der Waals surface area contributed by atoms with E-state index in [2.05, 4.69) is 10.6 Å². The molecule has 0 spiro atoms. The van der Waals surface area contributed by atoms with Crippen LogP contribution in [-0.4, -0.2) is 36.2 Å². The summed E-state index contributed by atoms with van der Waals surface area (Å²) in [4.78, 5) is 12.0. The van der Waals surface area contributed by atoms with Gasteiger partial charge in [-0.2, -0.15) is 0 Å². The molecule has 0 aliphatic carbocycles. The Bertz CT molecular complexity index is 473. The second-order valence-electron chi connectivity index (χ2n) is 6.00. The average Bonchev–Trinajstić information content (AvgIpc) is 2.53. The number of carbonyl (C=O) groups excluding carboxylic acids is 1. The first-order valence-electron chi connectivity index (χ1n) is 8.02. The summed E-state index contributed by atoms with van der Waals surface area (Å²) in [6.45, 7) is 5.05. The van der Waals surface area contributed by atoms with E-state index >= 15 is 0 Å².